The van der Waals surface area contributed by atoms with Gasteiger partial charge in [-0.1, -0.05) is 56.3 Å². The van der Waals surface area contributed by atoms with Crippen molar-refractivity contribution in [3.05, 3.63) is 48.0 Å². The summed E-state index contributed by atoms with van der Waals surface area (Å²) in [6.45, 7) is 3.13. The van der Waals surface area contributed by atoms with Crippen LogP contribution in [0.5, 0.6) is 0 Å². The lowest BCUT2D eigenvalue weighted by molar-refractivity contribution is -0.160. The zero-order valence-electron chi connectivity index (χ0n) is 15.9. The van der Waals surface area contributed by atoms with E-state index >= 15 is 0 Å². The second-order valence-corrected chi connectivity index (χ2v) is 8.13. The summed E-state index contributed by atoms with van der Waals surface area (Å²) in [7, 11) is 0. The van der Waals surface area contributed by atoms with Crippen molar-refractivity contribution in [3.63, 3.8) is 0 Å². The zero-order valence-corrected chi connectivity index (χ0v) is 15.9. The Kier molecular flexibility index (Phi) is 4.65. The number of ether oxygens (including phenoxy) is 1. The number of esters is 1. The summed E-state index contributed by atoms with van der Waals surface area (Å²) in [6, 6.07) is 7.54. The van der Waals surface area contributed by atoms with E-state index in [4.69, 9.17) is 4.74 Å². The molecule has 1 heterocycles. The van der Waals surface area contributed by atoms with E-state index in [0.29, 0.717) is 5.56 Å². The largest absolute Gasteiger partial charge is 0.456 e. The smallest absolute Gasteiger partial charge is 0.330 e. The second-order valence-electron chi connectivity index (χ2n) is 8.13. The van der Waals surface area contributed by atoms with Crippen molar-refractivity contribution in [1.82, 2.24) is 4.90 Å². The fourth-order valence-electron chi connectivity index (χ4n) is 4.80. The first-order valence-electron chi connectivity index (χ1n) is 9.70. The highest BCUT2D eigenvalue weighted by Gasteiger charge is 2.61. The van der Waals surface area contributed by atoms with Gasteiger partial charge in [-0.15, -0.1) is 0 Å². The number of imide groups is 1. The van der Waals surface area contributed by atoms with E-state index in [2.05, 4.69) is 0 Å². The van der Waals surface area contributed by atoms with Crippen molar-refractivity contribution in [2.45, 2.75) is 26.3 Å². The summed E-state index contributed by atoms with van der Waals surface area (Å²) < 4.78 is 5.23. The monoisotopic (exact) mass is 381 g/mol. The lowest BCUT2D eigenvalue weighted by Gasteiger charge is -2.28. The van der Waals surface area contributed by atoms with E-state index in [-0.39, 0.29) is 47.2 Å². The molecular weight excluding hydrogens is 358 g/mol. The Morgan fingerprint density at radius 3 is 2.14 bits per heavy atom. The first kappa shape index (κ1) is 18.6. The maximum atomic E-state index is 13.0. The Balaban J connectivity index is 1.48. The molecule has 1 aromatic rings. The zero-order chi connectivity index (χ0) is 20.0. The first-order valence-corrected chi connectivity index (χ1v) is 9.70. The number of carbonyl (C=O) groups is 4. The fraction of sp³-hybridized carbons (Fsp3) is 0.455. The van der Waals surface area contributed by atoms with Gasteiger partial charge in [0, 0.05) is 5.56 Å². The Hall–Kier alpha value is -2.76. The standard InChI is InChI=1S/C22H23NO5/c1-12(2)19(22(27)28-11-16(24)13-6-4-3-5-7-13)23-20(25)17-14-8-9-15(10-14)18(17)21(23)26/h3-9,12,14-15,17-19H,10-11H2,1-2H3. The second kappa shape index (κ2) is 7.00. The van der Waals surface area contributed by atoms with E-state index in [1.165, 1.54) is 0 Å². The number of likely N-dealkylation sites (tertiary alicyclic amines) is 1. The van der Waals surface area contributed by atoms with Gasteiger partial charge in [0.05, 0.1) is 11.8 Å². The highest BCUT2D eigenvalue weighted by Crippen LogP contribution is 2.53. The number of benzene rings is 1. The number of hydrogen-bond donors (Lipinski definition) is 0. The first-order chi connectivity index (χ1) is 13.4. The molecular formula is C22H23NO5. The van der Waals surface area contributed by atoms with Crippen LogP contribution in [0.2, 0.25) is 0 Å². The van der Waals surface area contributed by atoms with Crippen LogP contribution in [0.1, 0.15) is 30.6 Å². The van der Waals surface area contributed by atoms with Crippen LogP contribution in [0.3, 0.4) is 0 Å². The van der Waals surface area contributed by atoms with Gasteiger partial charge in [0.25, 0.3) is 0 Å². The minimum Gasteiger partial charge on any atom is -0.456 e. The van der Waals surface area contributed by atoms with Gasteiger partial charge >= 0.3 is 5.97 Å². The lowest BCUT2D eigenvalue weighted by atomic mass is 9.85. The van der Waals surface area contributed by atoms with Crippen LogP contribution in [0, 0.1) is 29.6 Å². The third-order valence-electron chi connectivity index (χ3n) is 6.10. The summed E-state index contributed by atoms with van der Waals surface area (Å²) >= 11 is 0. The summed E-state index contributed by atoms with van der Waals surface area (Å²) in [4.78, 5) is 52.1. The SMILES string of the molecule is CC(C)C(C(=O)OCC(=O)c1ccccc1)N1C(=O)C2C3C=CC(C3)C2C1=O. The molecule has 0 radical (unpaired) electrons. The number of allylic oxidation sites excluding steroid dienone is 2. The van der Waals surface area contributed by atoms with Gasteiger partial charge in [-0.3, -0.25) is 19.3 Å². The number of Topliss-reactive ketones (excluding diaryl/α,β-unsaturated/α-hetero) is 1. The Labute approximate surface area is 163 Å². The molecule has 6 nitrogen and oxygen atoms in total. The molecule has 3 aliphatic rings. The Morgan fingerprint density at radius 2 is 1.61 bits per heavy atom. The van der Waals surface area contributed by atoms with E-state index < -0.39 is 18.6 Å². The van der Waals surface area contributed by atoms with Crippen LogP contribution in [-0.4, -0.2) is 41.1 Å². The molecule has 1 aliphatic heterocycles. The summed E-state index contributed by atoms with van der Waals surface area (Å²) in [5.74, 6) is -2.45. The van der Waals surface area contributed by atoms with Gasteiger partial charge in [0.15, 0.2) is 12.4 Å². The van der Waals surface area contributed by atoms with Crippen LogP contribution < -0.4 is 0 Å². The molecule has 0 spiro atoms. The van der Waals surface area contributed by atoms with Crippen LogP contribution in [0.15, 0.2) is 42.5 Å². The van der Waals surface area contributed by atoms with Crippen molar-refractivity contribution in [2.75, 3.05) is 6.61 Å². The topological polar surface area (TPSA) is 80.8 Å². The van der Waals surface area contributed by atoms with Crippen LogP contribution in [-0.2, 0) is 19.1 Å². The molecule has 5 atom stereocenters. The third kappa shape index (κ3) is 2.87. The average Bonchev–Trinajstić information content (AvgIpc) is 3.36. The quantitative estimate of drug-likeness (QED) is 0.327. The summed E-state index contributed by atoms with van der Waals surface area (Å²) in [5.41, 5.74) is 0.446. The molecule has 1 saturated heterocycles. The van der Waals surface area contributed by atoms with Crippen LogP contribution in [0.4, 0.5) is 0 Å². The number of ketones is 1. The lowest BCUT2D eigenvalue weighted by Crippen LogP contribution is -2.50. The molecule has 1 saturated carbocycles. The predicted molar refractivity (Wildman–Crippen MR) is 99.9 cm³/mol. The molecule has 0 N–H and O–H groups in total. The van der Waals surface area contributed by atoms with Gasteiger partial charge in [-0.25, -0.2) is 4.79 Å². The van der Waals surface area contributed by atoms with Crippen LogP contribution in [0.25, 0.3) is 0 Å². The number of rotatable bonds is 6. The van der Waals surface area contributed by atoms with Gasteiger partial charge in [-0.05, 0) is 24.2 Å². The molecule has 2 amide bonds. The number of hydrogen-bond acceptors (Lipinski definition) is 5. The summed E-state index contributed by atoms with van der Waals surface area (Å²) in [6.07, 6.45) is 4.87. The maximum Gasteiger partial charge on any atom is 0.330 e. The van der Waals surface area contributed by atoms with Gasteiger partial charge in [-0.2, -0.15) is 0 Å². The normalized spacial score (nSPS) is 28.8. The Morgan fingerprint density at radius 1 is 1.04 bits per heavy atom. The van der Waals surface area contributed by atoms with E-state index in [1.807, 2.05) is 12.2 Å². The molecule has 5 unspecified atom stereocenters. The molecule has 0 aromatic heterocycles. The van der Waals surface area contributed by atoms with Crippen molar-refractivity contribution < 1.29 is 23.9 Å². The van der Waals surface area contributed by atoms with E-state index in [0.717, 1.165) is 11.3 Å². The van der Waals surface area contributed by atoms with Crippen LogP contribution >= 0.6 is 0 Å². The highest BCUT2D eigenvalue weighted by molar-refractivity contribution is 6.09. The van der Waals surface area contributed by atoms with Gasteiger partial charge in [0.2, 0.25) is 11.8 Å². The van der Waals surface area contributed by atoms with E-state index in [1.54, 1.807) is 44.2 Å². The van der Waals surface area contributed by atoms with E-state index in [9.17, 15) is 19.2 Å². The predicted octanol–water partition coefficient (Wildman–Crippen LogP) is 2.24. The number of fused-ring (bicyclic) bond motifs is 5. The average molecular weight is 381 g/mol. The number of amides is 2. The molecule has 2 bridgehead atoms. The van der Waals surface area contributed by atoms with Crippen molar-refractivity contribution in [2.24, 2.45) is 29.6 Å². The summed E-state index contributed by atoms with van der Waals surface area (Å²) in [5, 5.41) is 0. The van der Waals surface area contributed by atoms with Crippen molar-refractivity contribution in [1.29, 1.82) is 0 Å². The molecule has 146 valence electrons. The molecule has 28 heavy (non-hydrogen) atoms. The maximum absolute atomic E-state index is 13.0. The molecule has 1 aromatic carbocycles. The Bertz CT molecular complexity index is 829. The van der Waals surface area contributed by atoms with Gasteiger partial charge in [0.1, 0.15) is 6.04 Å². The molecule has 4 rings (SSSR count). The molecule has 2 aliphatic carbocycles. The fourth-order valence-corrected chi connectivity index (χ4v) is 4.80. The molecule has 6 heteroatoms. The number of carbonyl (C=O) groups excluding carboxylic acids is 4. The molecule has 2 fully saturated rings. The van der Waals surface area contributed by atoms with Gasteiger partial charge < -0.3 is 4.74 Å². The minimum atomic E-state index is -1.01. The third-order valence-corrected chi connectivity index (χ3v) is 6.10. The highest BCUT2D eigenvalue weighted by atomic mass is 16.5. The van der Waals surface area contributed by atoms with Crippen molar-refractivity contribution >= 4 is 23.6 Å². The number of nitrogens with zero attached hydrogens (tertiary/aromatic N) is 1. The van der Waals surface area contributed by atoms with Crippen molar-refractivity contribution in [3.8, 4) is 0 Å². The minimum absolute atomic E-state index is 0.0833.